The van der Waals surface area contributed by atoms with Crippen LogP contribution in [0.15, 0.2) is 42.5 Å². The van der Waals surface area contributed by atoms with E-state index in [9.17, 15) is 4.79 Å². The molecule has 0 heterocycles. The molecule has 0 N–H and O–H groups in total. The van der Waals surface area contributed by atoms with Crippen molar-refractivity contribution in [2.45, 2.75) is 26.4 Å². The van der Waals surface area contributed by atoms with Gasteiger partial charge in [0, 0.05) is 13.5 Å². The molecule has 19 heavy (non-hydrogen) atoms. The zero-order chi connectivity index (χ0) is 13.8. The number of carbonyl (C=O) groups is 1. The molecule has 0 aromatic heterocycles. The molecule has 1 atom stereocenters. The Balaban J connectivity index is 2.29. The van der Waals surface area contributed by atoms with Crippen LogP contribution in [0.3, 0.4) is 0 Å². The molecule has 0 amide bonds. The summed E-state index contributed by atoms with van der Waals surface area (Å²) in [5.74, 6) is 0.348. The van der Waals surface area contributed by atoms with E-state index < -0.39 is 0 Å². The third kappa shape index (κ3) is 3.02. The van der Waals surface area contributed by atoms with Crippen LogP contribution in [0.25, 0.3) is 10.8 Å². The Morgan fingerprint density at radius 1 is 1.11 bits per heavy atom. The molecule has 0 aliphatic heterocycles. The summed E-state index contributed by atoms with van der Waals surface area (Å²) in [5.41, 5.74) is 1.07. The number of ether oxygens (including phenoxy) is 1. The summed E-state index contributed by atoms with van der Waals surface area (Å²) in [6.07, 6.45) is 0.108. The van der Waals surface area contributed by atoms with Crippen LogP contribution in [-0.4, -0.2) is 19.0 Å². The van der Waals surface area contributed by atoms with Crippen molar-refractivity contribution in [3.63, 3.8) is 0 Å². The predicted octanol–water partition coefficient (Wildman–Crippen LogP) is 3.62. The number of carbonyl (C=O) groups excluding carboxylic acids is 1. The number of ketones is 1. The summed E-state index contributed by atoms with van der Waals surface area (Å²) in [4.78, 5) is 12.3. The SMILES string of the molecule is COC(C(=O)Cc1cccc2ccccc12)C(C)C. The standard InChI is InChI=1S/C17H20O2/c1-12(2)17(19-3)16(18)11-14-9-6-8-13-7-4-5-10-15(13)14/h4-10,12,17H,11H2,1-3H3. The Morgan fingerprint density at radius 3 is 2.47 bits per heavy atom. The topological polar surface area (TPSA) is 26.3 Å². The van der Waals surface area contributed by atoms with Gasteiger partial charge in [-0.1, -0.05) is 56.3 Å². The van der Waals surface area contributed by atoms with E-state index in [4.69, 9.17) is 4.74 Å². The molecule has 0 saturated carbocycles. The maximum absolute atomic E-state index is 12.3. The second kappa shape index (κ2) is 5.98. The van der Waals surface area contributed by atoms with E-state index in [0.717, 1.165) is 10.9 Å². The van der Waals surface area contributed by atoms with Crippen molar-refractivity contribution >= 4 is 16.6 Å². The van der Waals surface area contributed by atoms with Crippen LogP contribution in [0.5, 0.6) is 0 Å². The molecule has 100 valence electrons. The van der Waals surface area contributed by atoms with Gasteiger partial charge in [-0.05, 0) is 22.3 Å². The van der Waals surface area contributed by atoms with Crippen molar-refractivity contribution in [1.82, 2.24) is 0 Å². The van der Waals surface area contributed by atoms with Gasteiger partial charge in [-0.25, -0.2) is 0 Å². The lowest BCUT2D eigenvalue weighted by Crippen LogP contribution is -2.29. The van der Waals surface area contributed by atoms with E-state index in [0.29, 0.717) is 6.42 Å². The zero-order valence-electron chi connectivity index (χ0n) is 11.7. The minimum atomic E-state index is -0.320. The van der Waals surface area contributed by atoms with Crippen molar-refractivity contribution in [2.24, 2.45) is 5.92 Å². The first kappa shape index (κ1) is 13.8. The van der Waals surface area contributed by atoms with Gasteiger partial charge in [-0.2, -0.15) is 0 Å². The molecular formula is C17H20O2. The molecule has 0 aliphatic carbocycles. The average Bonchev–Trinajstić information content (AvgIpc) is 2.39. The molecule has 2 rings (SSSR count). The van der Waals surface area contributed by atoms with Crippen molar-refractivity contribution in [3.05, 3.63) is 48.0 Å². The van der Waals surface area contributed by atoms with Gasteiger partial charge in [-0.15, -0.1) is 0 Å². The molecule has 0 saturated heterocycles. The van der Waals surface area contributed by atoms with Crippen molar-refractivity contribution in [2.75, 3.05) is 7.11 Å². The maximum atomic E-state index is 12.3. The fraction of sp³-hybridized carbons (Fsp3) is 0.353. The van der Waals surface area contributed by atoms with E-state index >= 15 is 0 Å². The van der Waals surface area contributed by atoms with Crippen molar-refractivity contribution in [3.8, 4) is 0 Å². The predicted molar refractivity (Wildman–Crippen MR) is 78.3 cm³/mol. The molecule has 2 nitrogen and oxygen atoms in total. The van der Waals surface area contributed by atoms with Crippen LogP contribution in [0.2, 0.25) is 0 Å². The molecule has 0 radical (unpaired) electrons. The van der Waals surface area contributed by atoms with Gasteiger partial charge in [0.05, 0.1) is 0 Å². The normalized spacial score (nSPS) is 12.8. The van der Waals surface area contributed by atoms with Crippen LogP contribution < -0.4 is 0 Å². The molecule has 0 spiro atoms. The number of benzene rings is 2. The Kier molecular flexibility index (Phi) is 4.33. The number of fused-ring (bicyclic) bond motifs is 1. The Bertz CT molecular complexity index is 567. The molecule has 0 bridgehead atoms. The number of Topliss-reactive ketones (excluding diaryl/α,β-unsaturated/α-hetero) is 1. The fourth-order valence-corrected chi connectivity index (χ4v) is 2.51. The number of hydrogen-bond donors (Lipinski definition) is 0. The summed E-state index contributed by atoms with van der Waals surface area (Å²) in [5, 5.41) is 2.32. The van der Waals surface area contributed by atoms with Crippen LogP contribution in [0, 0.1) is 5.92 Å². The van der Waals surface area contributed by atoms with Crippen LogP contribution in [-0.2, 0) is 16.0 Å². The van der Waals surface area contributed by atoms with Gasteiger partial charge in [0.15, 0.2) is 5.78 Å². The zero-order valence-corrected chi connectivity index (χ0v) is 11.7. The van der Waals surface area contributed by atoms with E-state index in [2.05, 4.69) is 18.2 Å². The highest BCUT2D eigenvalue weighted by molar-refractivity contribution is 5.92. The first-order valence-electron chi connectivity index (χ1n) is 6.65. The van der Waals surface area contributed by atoms with Gasteiger partial charge >= 0.3 is 0 Å². The van der Waals surface area contributed by atoms with E-state index in [1.807, 2.05) is 38.1 Å². The van der Waals surface area contributed by atoms with Gasteiger partial charge < -0.3 is 4.74 Å². The quantitative estimate of drug-likeness (QED) is 0.816. The number of methoxy groups -OCH3 is 1. The lowest BCUT2D eigenvalue weighted by molar-refractivity contribution is -0.130. The summed E-state index contributed by atoms with van der Waals surface area (Å²) < 4.78 is 5.31. The highest BCUT2D eigenvalue weighted by atomic mass is 16.5. The van der Waals surface area contributed by atoms with Crippen molar-refractivity contribution < 1.29 is 9.53 Å². The molecule has 2 aromatic carbocycles. The Labute approximate surface area is 114 Å². The van der Waals surface area contributed by atoms with E-state index in [1.54, 1.807) is 7.11 Å². The first-order chi connectivity index (χ1) is 9.13. The van der Waals surface area contributed by atoms with Gasteiger partial charge in [0.1, 0.15) is 6.10 Å². The fourth-order valence-electron chi connectivity index (χ4n) is 2.51. The molecule has 0 fully saturated rings. The molecule has 0 aliphatic rings. The molecule has 1 unspecified atom stereocenters. The first-order valence-corrected chi connectivity index (χ1v) is 6.65. The largest absolute Gasteiger partial charge is 0.373 e. The van der Waals surface area contributed by atoms with Gasteiger partial charge in [0.25, 0.3) is 0 Å². The van der Waals surface area contributed by atoms with Crippen LogP contribution in [0.1, 0.15) is 19.4 Å². The van der Waals surface area contributed by atoms with Gasteiger partial charge in [0.2, 0.25) is 0 Å². The maximum Gasteiger partial charge on any atom is 0.166 e. The van der Waals surface area contributed by atoms with Crippen molar-refractivity contribution in [1.29, 1.82) is 0 Å². The van der Waals surface area contributed by atoms with Crippen LogP contribution >= 0.6 is 0 Å². The van der Waals surface area contributed by atoms with Crippen LogP contribution in [0.4, 0.5) is 0 Å². The monoisotopic (exact) mass is 256 g/mol. The third-order valence-electron chi connectivity index (χ3n) is 3.42. The summed E-state index contributed by atoms with van der Waals surface area (Å²) in [6.45, 7) is 4.02. The molecule has 2 heteroatoms. The smallest absolute Gasteiger partial charge is 0.166 e. The summed E-state index contributed by atoms with van der Waals surface area (Å²) >= 11 is 0. The Hall–Kier alpha value is -1.67. The number of hydrogen-bond acceptors (Lipinski definition) is 2. The van der Waals surface area contributed by atoms with Gasteiger partial charge in [-0.3, -0.25) is 4.79 Å². The second-order valence-corrected chi connectivity index (χ2v) is 5.18. The summed E-state index contributed by atoms with van der Waals surface area (Å²) in [7, 11) is 1.60. The Morgan fingerprint density at radius 2 is 1.79 bits per heavy atom. The minimum Gasteiger partial charge on any atom is -0.373 e. The lowest BCUT2D eigenvalue weighted by atomic mass is 9.95. The molecular weight excluding hydrogens is 236 g/mol. The van der Waals surface area contributed by atoms with E-state index in [1.165, 1.54) is 5.39 Å². The average molecular weight is 256 g/mol. The third-order valence-corrected chi connectivity index (χ3v) is 3.42. The van der Waals surface area contributed by atoms with E-state index in [-0.39, 0.29) is 17.8 Å². The minimum absolute atomic E-state index is 0.147. The highest BCUT2D eigenvalue weighted by Gasteiger charge is 2.21. The molecule has 2 aromatic rings. The summed E-state index contributed by atoms with van der Waals surface area (Å²) in [6, 6.07) is 14.2. The highest BCUT2D eigenvalue weighted by Crippen LogP contribution is 2.20. The lowest BCUT2D eigenvalue weighted by Gasteiger charge is -2.18. The second-order valence-electron chi connectivity index (χ2n) is 5.18. The number of rotatable bonds is 5.